The maximum Gasteiger partial charge on any atom is 0.192 e. The lowest BCUT2D eigenvalue weighted by Crippen LogP contribution is -2.20. The molecule has 1 aromatic rings. The van der Waals surface area contributed by atoms with E-state index in [0.717, 1.165) is 12.0 Å². The summed E-state index contributed by atoms with van der Waals surface area (Å²) in [7, 11) is -1.69. The maximum atomic E-state index is 12.4. The first kappa shape index (κ1) is 14.6. The van der Waals surface area contributed by atoms with Crippen molar-refractivity contribution in [1.29, 1.82) is 0 Å². The van der Waals surface area contributed by atoms with Crippen LogP contribution in [0.25, 0.3) is 0 Å². The van der Waals surface area contributed by atoms with Crippen molar-refractivity contribution in [1.82, 2.24) is 5.32 Å². The van der Waals surface area contributed by atoms with Gasteiger partial charge in [-0.2, -0.15) is 0 Å². The molecule has 1 rings (SSSR count). The molecular weight excluding hydrogens is 246 g/mol. The summed E-state index contributed by atoms with van der Waals surface area (Å²) in [6, 6.07) is 9.55. The number of rotatable bonds is 4. The first-order valence-corrected chi connectivity index (χ1v) is 7.54. The van der Waals surface area contributed by atoms with Crippen LogP contribution >= 0.6 is 0 Å². The molecule has 0 aromatic heterocycles. The SMILES string of the molecule is CCCC(C#CNC)S(=O)(=O)c1ccc(C)cc1. The average molecular weight is 265 g/mol. The van der Waals surface area contributed by atoms with E-state index in [0.29, 0.717) is 11.3 Å². The van der Waals surface area contributed by atoms with E-state index in [-0.39, 0.29) is 0 Å². The van der Waals surface area contributed by atoms with E-state index in [4.69, 9.17) is 0 Å². The fraction of sp³-hybridized carbons (Fsp3) is 0.429. The summed E-state index contributed by atoms with van der Waals surface area (Å²) in [5.74, 6) is 2.77. The van der Waals surface area contributed by atoms with Gasteiger partial charge in [0.15, 0.2) is 9.84 Å². The second kappa shape index (κ2) is 6.46. The fourth-order valence-corrected chi connectivity index (χ4v) is 3.22. The van der Waals surface area contributed by atoms with Crippen LogP contribution in [-0.4, -0.2) is 20.7 Å². The van der Waals surface area contributed by atoms with Crippen LogP contribution in [0, 0.1) is 18.9 Å². The fourth-order valence-electron chi connectivity index (χ4n) is 1.61. The normalized spacial score (nSPS) is 12.4. The highest BCUT2D eigenvalue weighted by molar-refractivity contribution is 7.92. The second-order valence-electron chi connectivity index (χ2n) is 4.15. The Morgan fingerprint density at radius 1 is 1.28 bits per heavy atom. The van der Waals surface area contributed by atoms with Crippen LogP contribution < -0.4 is 5.32 Å². The quantitative estimate of drug-likeness (QED) is 0.670. The molecule has 1 N–H and O–H groups in total. The molecule has 0 bridgehead atoms. The van der Waals surface area contributed by atoms with Gasteiger partial charge in [0.1, 0.15) is 5.25 Å². The van der Waals surface area contributed by atoms with Crippen LogP contribution in [0.4, 0.5) is 0 Å². The van der Waals surface area contributed by atoms with Gasteiger partial charge in [-0.25, -0.2) is 8.42 Å². The Bertz CT molecular complexity index is 535. The van der Waals surface area contributed by atoms with Crippen molar-refractivity contribution in [3.8, 4) is 12.0 Å². The van der Waals surface area contributed by atoms with Gasteiger partial charge in [-0.3, -0.25) is 0 Å². The second-order valence-corrected chi connectivity index (χ2v) is 6.29. The molecule has 0 aliphatic rings. The van der Waals surface area contributed by atoms with Crippen LogP contribution in [0.5, 0.6) is 0 Å². The highest BCUT2D eigenvalue weighted by atomic mass is 32.2. The molecule has 0 heterocycles. The van der Waals surface area contributed by atoms with E-state index < -0.39 is 15.1 Å². The van der Waals surface area contributed by atoms with Crippen molar-refractivity contribution in [2.75, 3.05) is 7.05 Å². The molecule has 1 aromatic carbocycles. The molecule has 1 atom stereocenters. The summed E-state index contributed by atoms with van der Waals surface area (Å²) in [4.78, 5) is 0.344. The lowest BCUT2D eigenvalue weighted by Gasteiger charge is -2.11. The number of sulfone groups is 1. The van der Waals surface area contributed by atoms with Gasteiger partial charge in [-0.15, -0.1) is 0 Å². The number of nitrogens with one attached hydrogen (secondary N) is 1. The Hall–Kier alpha value is -1.47. The summed E-state index contributed by atoms with van der Waals surface area (Å²) in [6.45, 7) is 3.89. The Balaban J connectivity index is 3.12. The summed E-state index contributed by atoms with van der Waals surface area (Å²) in [6.07, 6.45) is 1.33. The van der Waals surface area contributed by atoms with E-state index in [1.54, 1.807) is 31.3 Å². The lowest BCUT2D eigenvalue weighted by atomic mass is 10.2. The molecule has 18 heavy (non-hydrogen) atoms. The third-order valence-electron chi connectivity index (χ3n) is 2.63. The molecule has 0 spiro atoms. The third kappa shape index (κ3) is 3.51. The molecule has 1 unspecified atom stereocenters. The molecule has 0 radical (unpaired) electrons. The molecule has 0 amide bonds. The minimum atomic E-state index is -3.37. The summed E-state index contributed by atoms with van der Waals surface area (Å²) in [5.41, 5.74) is 1.04. The van der Waals surface area contributed by atoms with Gasteiger partial charge >= 0.3 is 0 Å². The highest BCUT2D eigenvalue weighted by Crippen LogP contribution is 2.19. The zero-order valence-electron chi connectivity index (χ0n) is 11.0. The van der Waals surface area contributed by atoms with Crippen LogP contribution in [0.1, 0.15) is 25.3 Å². The summed E-state index contributed by atoms with van der Waals surface area (Å²) >= 11 is 0. The largest absolute Gasteiger partial charge is 0.349 e. The van der Waals surface area contributed by atoms with Gasteiger partial charge in [0.25, 0.3) is 0 Å². The van der Waals surface area contributed by atoms with Gasteiger partial charge in [-0.1, -0.05) is 37.0 Å². The molecule has 4 heteroatoms. The standard InChI is InChI=1S/C14H19NO2S/c1-4-5-13(10-11-15-3)18(16,17)14-8-6-12(2)7-9-14/h6-9,13,15H,4-5H2,1-3H3. The van der Waals surface area contributed by atoms with Gasteiger partial charge < -0.3 is 5.32 Å². The molecule has 0 saturated heterocycles. The van der Waals surface area contributed by atoms with E-state index >= 15 is 0 Å². The van der Waals surface area contributed by atoms with Crippen molar-refractivity contribution in [3.05, 3.63) is 29.8 Å². The van der Waals surface area contributed by atoms with E-state index in [1.807, 2.05) is 13.8 Å². The van der Waals surface area contributed by atoms with E-state index in [2.05, 4.69) is 17.3 Å². The van der Waals surface area contributed by atoms with Gasteiger partial charge in [-0.05, 0) is 25.5 Å². The molecule has 0 fully saturated rings. The zero-order chi connectivity index (χ0) is 13.6. The monoisotopic (exact) mass is 265 g/mol. The van der Waals surface area contributed by atoms with Gasteiger partial charge in [0, 0.05) is 13.1 Å². The minimum Gasteiger partial charge on any atom is -0.349 e. The zero-order valence-corrected chi connectivity index (χ0v) is 11.8. The number of hydrogen-bond acceptors (Lipinski definition) is 3. The predicted octanol–water partition coefficient (Wildman–Crippen LogP) is 2.12. The molecule has 0 aliphatic carbocycles. The van der Waals surface area contributed by atoms with Crippen molar-refractivity contribution in [2.24, 2.45) is 0 Å². The summed E-state index contributed by atoms with van der Waals surface area (Å²) in [5, 5.41) is 2.02. The van der Waals surface area contributed by atoms with Crippen LogP contribution in [0.3, 0.4) is 0 Å². The minimum absolute atomic E-state index is 0.344. The first-order chi connectivity index (χ1) is 8.52. The Labute approximate surface area is 110 Å². The van der Waals surface area contributed by atoms with E-state index in [1.165, 1.54) is 0 Å². The summed E-state index contributed by atoms with van der Waals surface area (Å²) < 4.78 is 24.8. The van der Waals surface area contributed by atoms with Crippen LogP contribution in [-0.2, 0) is 9.84 Å². The van der Waals surface area contributed by atoms with Crippen molar-refractivity contribution < 1.29 is 8.42 Å². The van der Waals surface area contributed by atoms with Crippen molar-refractivity contribution >= 4 is 9.84 Å². The Morgan fingerprint density at radius 3 is 2.39 bits per heavy atom. The predicted molar refractivity (Wildman–Crippen MR) is 73.9 cm³/mol. The molecular formula is C14H19NO2S. The molecule has 0 saturated carbocycles. The van der Waals surface area contributed by atoms with Crippen LogP contribution in [0.2, 0.25) is 0 Å². The molecule has 3 nitrogen and oxygen atoms in total. The molecule has 98 valence electrons. The third-order valence-corrected chi connectivity index (χ3v) is 4.67. The molecule has 0 aliphatic heterocycles. The number of aryl methyl sites for hydroxylation is 1. The Morgan fingerprint density at radius 2 is 1.89 bits per heavy atom. The topological polar surface area (TPSA) is 46.2 Å². The van der Waals surface area contributed by atoms with Gasteiger partial charge in [0.2, 0.25) is 0 Å². The Kier molecular flexibility index (Phi) is 5.24. The van der Waals surface area contributed by atoms with Crippen molar-refractivity contribution in [2.45, 2.75) is 36.8 Å². The first-order valence-electron chi connectivity index (χ1n) is 6.00. The number of hydrogen-bond donors (Lipinski definition) is 1. The average Bonchev–Trinajstić information content (AvgIpc) is 2.35. The smallest absolute Gasteiger partial charge is 0.192 e. The highest BCUT2D eigenvalue weighted by Gasteiger charge is 2.24. The number of benzene rings is 1. The lowest BCUT2D eigenvalue weighted by molar-refractivity contribution is 0.584. The van der Waals surface area contributed by atoms with Gasteiger partial charge in [0.05, 0.1) is 4.90 Å². The maximum absolute atomic E-state index is 12.4. The van der Waals surface area contributed by atoms with Crippen molar-refractivity contribution in [3.63, 3.8) is 0 Å². The van der Waals surface area contributed by atoms with Crippen LogP contribution in [0.15, 0.2) is 29.2 Å². The van der Waals surface area contributed by atoms with E-state index in [9.17, 15) is 8.42 Å².